The molecule has 2 aromatic rings. The molecule has 0 atom stereocenters. The van der Waals surface area contributed by atoms with Crippen molar-refractivity contribution < 1.29 is 19.4 Å². The molecule has 1 amide bonds. The number of benzene rings is 2. The third-order valence-electron chi connectivity index (χ3n) is 4.11. The summed E-state index contributed by atoms with van der Waals surface area (Å²) in [6, 6.07) is 12.4. The molecule has 0 unspecified atom stereocenters. The molecule has 0 saturated carbocycles. The lowest BCUT2D eigenvalue weighted by Gasteiger charge is -2.39. The van der Waals surface area contributed by atoms with Crippen LogP contribution in [0.1, 0.15) is 35.3 Å². The van der Waals surface area contributed by atoms with Gasteiger partial charge in [0.05, 0.1) is 17.8 Å². The van der Waals surface area contributed by atoms with Crippen molar-refractivity contribution in [3.8, 4) is 5.75 Å². The summed E-state index contributed by atoms with van der Waals surface area (Å²) >= 11 is 0. The molecule has 1 aliphatic rings. The number of rotatable bonds is 3. The SMILES string of the molecule is Cc1ccc2c(c1)OC(C)(C)C(=O)N2Cc1ccccc1C(=O)O. The summed E-state index contributed by atoms with van der Waals surface area (Å²) in [5.74, 6) is -0.568. The normalized spacial score (nSPS) is 15.6. The summed E-state index contributed by atoms with van der Waals surface area (Å²) in [4.78, 5) is 25.9. The Morgan fingerprint density at radius 2 is 1.92 bits per heavy atom. The van der Waals surface area contributed by atoms with E-state index in [1.54, 1.807) is 43.0 Å². The van der Waals surface area contributed by atoms with Crippen LogP contribution in [0, 0.1) is 6.92 Å². The monoisotopic (exact) mass is 325 g/mol. The summed E-state index contributed by atoms with van der Waals surface area (Å²) in [6.45, 7) is 5.58. The molecule has 0 saturated heterocycles. The van der Waals surface area contributed by atoms with Crippen molar-refractivity contribution in [2.24, 2.45) is 0 Å². The van der Waals surface area contributed by atoms with E-state index in [1.165, 1.54) is 0 Å². The Hall–Kier alpha value is -2.82. The second-order valence-corrected chi connectivity index (χ2v) is 6.44. The fourth-order valence-corrected chi connectivity index (χ4v) is 2.87. The van der Waals surface area contributed by atoms with Gasteiger partial charge in [0.25, 0.3) is 5.91 Å². The molecule has 0 fully saturated rings. The van der Waals surface area contributed by atoms with E-state index >= 15 is 0 Å². The predicted octanol–water partition coefficient (Wildman–Crippen LogP) is 3.40. The maximum atomic E-state index is 12.8. The quantitative estimate of drug-likeness (QED) is 0.939. The number of aryl methyl sites for hydroxylation is 1. The molecule has 1 N–H and O–H groups in total. The van der Waals surface area contributed by atoms with Crippen LogP contribution in [0.3, 0.4) is 0 Å². The van der Waals surface area contributed by atoms with Gasteiger partial charge in [-0.1, -0.05) is 24.3 Å². The number of aromatic carboxylic acids is 1. The Morgan fingerprint density at radius 1 is 1.21 bits per heavy atom. The van der Waals surface area contributed by atoms with Crippen LogP contribution < -0.4 is 9.64 Å². The van der Waals surface area contributed by atoms with Crippen molar-refractivity contribution >= 4 is 17.6 Å². The fraction of sp³-hybridized carbons (Fsp3) is 0.263. The highest BCUT2D eigenvalue weighted by atomic mass is 16.5. The summed E-state index contributed by atoms with van der Waals surface area (Å²) < 4.78 is 5.85. The minimum atomic E-state index is -1.00. The summed E-state index contributed by atoms with van der Waals surface area (Å²) in [7, 11) is 0. The first kappa shape index (κ1) is 16.1. The molecule has 0 spiro atoms. The zero-order chi connectivity index (χ0) is 17.5. The standard InChI is InChI=1S/C19H19NO4/c1-12-8-9-15-16(10-12)24-19(2,3)18(23)20(15)11-13-6-4-5-7-14(13)17(21)22/h4-10H,11H2,1-3H3,(H,21,22). The van der Waals surface area contributed by atoms with Crippen molar-refractivity contribution in [3.63, 3.8) is 0 Å². The Labute approximate surface area is 140 Å². The van der Waals surface area contributed by atoms with Gasteiger partial charge in [-0.25, -0.2) is 4.79 Å². The molecule has 0 bridgehead atoms. The minimum Gasteiger partial charge on any atom is -0.478 e. The van der Waals surface area contributed by atoms with Gasteiger partial charge in [-0.3, -0.25) is 4.79 Å². The third-order valence-corrected chi connectivity index (χ3v) is 4.11. The summed E-state index contributed by atoms with van der Waals surface area (Å²) in [6.07, 6.45) is 0. The van der Waals surface area contributed by atoms with E-state index in [2.05, 4.69) is 0 Å². The summed E-state index contributed by atoms with van der Waals surface area (Å²) in [5.41, 5.74) is 1.47. The Balaban J connectivity index is 2.07. The average molecular weight is 325 g/mol. The molecule has 1 heterocycles. The molecule has 5 heteroatoms. The van der Waals surface area contributed by atoms with Crippen molar-refractivity contribution in [1.82, 2.24) is 0 Å². The van der Waals surface area contributed by atoms with E-state index in [-0.39, 0.29) is 18.0 Å². The first-order chi connectivity index (χ1) is 11.3. The van der Waals surface area contributed by atoms with Gasteiger partial charge >= 0.3 is 5.97 Å². The van der Waals surface area contributed by atoms with Gasteiger partial charge in [0.1, 0.15) is 5.75 Å². The van der Waals surface area contributed by atoms with Gasteiger partial charge in [0.2, 0.25) is 0 Å². The maximum absolute atomic E-state index is 12.8. The molecular formula is C19H19NO4. The average Bonchev–Trinajstić information content (AvgIpc) is 2.51. The molecule has 2 aromatic carbocycles. The van der Waals surface area contributed by atoms with E-state index in [0.29, 0.717) is 17.0 Å². The minimum absolute atomic E-state index is 0.185. The topological polar surface area (TPSA) is 66.8 Å². The fourth-order valence-electron chi connectivity index (χ4n) is 2.87. The van der Waals surface area contributed by atoms with Gasteiger partial charge < -0.3 is 14.7 Å². The van der Waals surface area contributed by atoms with Crippen molar-refractivity contribution in [2.45, 2.75) is 32.9 Å². The molecule has 0 aliphatic carbocycles. The van der Waals surface area contributed by atoms with Crippen LogP contribution in [0.4, 0.5) is 5.69 Å². The molecular weight excluding hydrogens is 306 g/mol. The van der Waals surface area contributed by atoms with Crippen LogP contribution in [0.25, 0.3) is 0 Å². The molecule has 0 aromatic heterocycles. The Kier molecular flexibility index (Phi) is 3.79. The maximum Gasteiger partial charge on any atom is 0.336 e. The molecule has 0 radical (unpaired) electrons. The van der Waals surface area contributed by atoms with Crippen molar-refractivity contribution in [2.75, 3.05) is 4.90 Å². The number of hydrogen-bond acceptors (Lipinski definition) is 3. The third kappa shape index (κ3) is 2.73. The van der Waals surface area contributed by atoms with Crippen LogP contribution in [0.2, 0.25) is 0 Å². The number of carboxylic acid groups (broad SMARTS) is 1. The number of amides is 1. The van der Waals surface area contributed by atoms with E-state index in [4.69, 9.17) is 4.74 Å². The van der Waals surface area contributed by atoms with Crippen LogP contribution >= 0.6 is 0 Å². The van der Waals surface area contributed by atoms with E-state index in [9.17, 15) is 14.7 Å². The largest absolute Gasteiger partial charge is 0.478 e. The molecule has 5 nitrogen and oxygen atoms in total. The lowest BCUT2D eigenvalue weighted by atomic mass is 10.0. The lowest BCUT2D eigenvalue weighted by Crippen LogP contribution is -2.52. The van der Waals surface area contributed by atoms with Gasteiger partial charge in [-0.15, -0.1) is 0 Å². The van der Waals surface area contributed by atoms with Crippen molar-refractivity contribution in [1.29, 1.82) is 0 Å². The number of carboxylic acids is 1. The van der Waals surface area contributed by atoms with E-state index in [1.807, 2.05) is 25.1 Å². The lowest BCUT2D eigenvalue weighted by molar-refractivity contribution is -0.132. The molecule has 24 heavy (non-hydrogen) atoms. The number of ether oxygens (including phenoxy) is 1. The highest BCUT2D eigenvalue weighted by Crippen LogP contribution is 2.39. The van der Waals surface area contributed by atoms with Gasteiger partial charge in [-0.2, -0.15) is 0 Å². The molecule has 1 aliphatic heterocycles. The van der Waals surface area contributed by atoms with Crippen molar-refractivity contribution in [3.05, 3.63) is 59.2 Å². The molecule has 124 valence electrons. The second-order valence-electron chi connectivity index (χ2n) is 6.44. The zero-order valence-corrected chi connectivity index (χ0v) is 13.9. The number of anilines is 1. The number of fused-ring (bicyclic) bond motifs is 1. The zero-order valence-electron chi connectivity index (χ0n) is 13.9. The van der Waals surface area contributed by atoms with E-state index in [0.717, 1.165) is 5.56 Å². The van der Waals surface area contributed by atoms with Gasteiger partial charge in [0, 0.05) is 0 Å². The van der Waals surface area contributed by atoms with Crippen LogP contribution in [-0.4, -0.2) is 22.6 Å². The van der Waals surface area contributed by atoms with Crippen LogP contribution in [0.5, 0.6) is 5.75 Å². The smallest absolute Gasteiger partial charge is 0.336 e. The Bertz CT molecular complexity index is 826. The van der Waals surface area contributed by atoms with Crippen LogP contribution in [-0.2, 0) is 11.3 Å². The first-order valence-electron chi connectivity index (χ1n) is 7.72. The number of carbonyl (C=O) groups excluding carboxylic acids is 1. The van der Waals surface area contributed by atoms with Gasteiger partial charge in [-0.05, 0) is 50.1 Å². The highest BCUT2D eigenvalue weighted by molar-refractivity contribution is 6.02. The number of carbonyl (C=O) groups is 2. The highest BCUT2D eigenvalue weighted by Gasteiger charge is 2.41. The number of nitrogens with zero attached hydrogens (tertiary/aromatic N) is 1. The van der Waals surface area contributed by atoms with Crippen LogP contribution in [0.15, 0.2) is 42.5 Å². The van der Waals surface area contributed by atoms with Gasteiger partial charge in [0.15, 0.2) is 5.60 Å². The Morgan fingerprint density at radius 3 is 2.62 bits per heavy atom. The predicted molar refractivity (Wildman–Crippen MR) is 90.5 cm³/mol. The first-order valence-corrected chi connectivity index (χ1v) is 7.72. The number of hydrogen-bond donors (Lipinski definition) is 1. The second kappa shape index (κ2) is 5.67. The summed E-state index contributed by atoms with van der Waals surface area (Å²) in [5, 5.41) is 9.37. The molecule has 3 rings (SSSR count). The van der Waals surface area contributed by atoms with E-state index < -0.39 is 11.6 Å².